The molecular weight excluding hydrogens is 188 g/mol. The van der Waals surface area contributed by atoms with Crippen LogP contribution in [0.3, 0.4) is 0 Å². The molecule has 2 fully saturated rings. The molecule has 0 bridgehead atoms. The first kappa shape index (κ1) is 10.3. The molecule has 2 nitrogen and oxygen atoms in total. The Bertz CT molecular complexity index is 204. The first-order valence-corrected chi connectivity index (χ1v) is 5.25. The topological polar surface area (TPSA) is 12.5 Å². The molecule has 0 N–H and O–H groups in total. The van der Waals surface area contributed by atoms with Gasteiger partial charge in [-0.25, -0.2) is 8.78 Å². The zero-order chi connectivity index (χ0) is 10.2. The van der Waals surface area contributed by atoms with E-state index in [0.29, 0.717) is 18.6 Å². The molecule has 1 aliphatic carbocycles. The van der Waals surface area contributed by atoms with Gasteiger partial charge in [0.2, 0.25) is 0 Å². The first-order chi connectivity index (χ1) is 6.61. The molecule has 82 valence electrons. The van der Waals surface area contributed by atoms with E-state index in [-0.39, 0.29) is 13.0 Å². The summed E-state index contributed by atoms with van der Waals surface area (Å²) >= 11 is 0. The van der Waals surface area contributed by atoms with Crippen LogP contribution >= 0.6 is 0 Å². The molecule has 1 saturated carbocycles. The van der Waals surface area contributed by atoms with Crippen molar-refractivity contribution in [3.63, 3.8) is 0 Å². The van der Waals surface area contributed by atoms with Crippen molar-refractivity contribution in [1.29, 1.82) is 0 Å². The van der Waals surface area contributed by atoms with E-state index in [2.05, 4.69) is 0 Å². The molecule has 0 spiro atoms. The summed E-state index contributed by atoms with van der Waals surface area (Å²) in [6.45, 7) is 0.783. The molecule has 1 saturated heterocycles. The maximum Gasteiger partial charge on any atom is 0.260 e. The summed E-state index contributed by atoms with van der Waals surface area (Å²) < 4.78 is 31.3. The zero-order valence-electron chi connectivity index (χ0n) is 8.51. The molecule has 0 amide bonds. The number of piperidine rings is 1. The fraction of sp³-hybridized carbons (Fsp3) is 1.00. The molecule has 1 aliphatic heterocycles. The second kappa shape index (κ2) is 3.74. The number of ether oxygens (including phenoxy) is 1. The standard InChI is InChI=1S/C10H17F2NO/c1-14-9-5-8(6-9)13-4-2-3-10(11,12)7-13/h8-9H,2-7H2,1H3. The smallest absolute Gasteiger partial charge is 0.260 e. The highest BCUT2D eigenvalue weighted by molar-refractivity contribution is 4.91. The van der Waals surface area contributed by atoms with Crippen LogP contribution in [0.5, 0.6) is 0 Å². The van der Waals surface area contributed by atoms with Gasteiger partial charge in [0.25, 0.3) is 5.92 Å². The molecule has 2 rings (SSSR count). The molecule has 4 heteroatoms. The van der Waals surface area contributed by atoms with Crippen LogP contribution in [0, 0.1) is 0 Å². The molecule has 0 aromatic rings. The van der Waals surface area contributed by atoms with E-state index in [4.69, 9.17) is 4.74 Å². The van der Waals surface area contributed by atoms with Crippen LogP contribution in [0.4, 0.5) is 8.78 Å². The van der Waals surface area contributed by atoms with Crippen LogP contribution in [0.25, 0.3) is 0 Å². The lowest BCUT2D eigenvalue weighted by Gasteiger charge is -2.45. The summed E-state index contributed by atoms with van der Waals surface area (Å²) in [5, 5.41) is 0. The molecule has 0 aromatic carbocycles. The van der Waals surface area contributed by atoms with Crippen molar-refractivity contribution in [3.8, 4) is 0 Å². The molecule has 0 radical (unpaired) electrons. The Labute approximate surface area is 83.2 Å². The van der Waals surface area contributed by atoms with Gasteiger partial charge in [0, 0.05) is 19.6 Å². The number of alkyl halides is 2. The molecular formula is C10H17F2NO. The van der Waals surface area contributed by atoms with Crippen molar-refractivity contribution < 1.29 is 13.5 Å². The summed E-state index contributed by atoms with van der Waals surface area (Å²) in [6.07, 6.45) is 2.83. The van der Waals surface area contributed by atoms with Gasteiger partial charge in [-0.2, -0.15) is 0 Å². The Kier molecular flexibility index (Phi) is 2.75. The number of nitrogens with zero attached hydrogens (tertiary/aromatic N) is 1. The predicted octanol–water partition coefficient (Wildman–Crippen LogP) is 1.89. The third-order valence-corrected chi connectivity index (χ3v) is 3.34. The van der Waals surface area contributed by atoms with Crippen LogP contribution in [0.2, 0.25) is 0 Å². The Morgan fingerprint density at radius 1 is 1.36 bits per heavy atom. The van der Waals surface area contributed by atoms with E-state index in [0.717, 1.165) is 19.4 Å². The second-order valence-electron chi connectivity index (χ2n) is 4.41. The van der Waals surface area contributed by atoms with E-state index >= 15 is 0 Å². The number of likely N-dealkylation sites (tertiary alicyclic amines) is 1. The molecule has 2 aliphatic rings. The number of hydrogen-bond donors (Lipinski definition) is 0. The highest BCUT2D eigenvalue weighted by Crippen LogP contribution is 2.34. The van der Waals surface area contributed by atoms with E-state index < -0.39 is 5.92 Å². The lowest BCUT2D eigenvalue weighted by molar-refractivity contribution is -0.105. The van der Waals surface area contributed by atoms with E-state index in [1.165, 1.54) is 0 Å². The number of rotatable bonds is 2. The number of methoxy groups -OCH3 is 1. The average Bonchev–Trinajstić information content (AvgIpc) is 2.00. The van der Waals surface area contributed by atoms with Gasteiger partial charge >= 0.3 is 0 Å². The minimum atomic E-state index is -2.46. The normalized spacial score (nSPS) is 37.9. The molecule has 0 atom stereocenters. The average molecular weight is 205 g/mol. The van der Waals surface area contributed by atoms with Crippen LogP contribution in [0.1, 0.15) is 25.7 Å². The van der Waals surface area contributed by atoms with Crippen molar-refractivity contribution in [3.05, 3.63) is 0 Å². The van der Waals surface area contributed by atoms with Crippen molar-refractivity contribution in [2.24, 2.45) is 0 Å². The van der Waals surface area contributed by atoms with Gasteiger partial charge < -0.3 is 4.74 Å². The second-order valence-corrected chi connectivity index (χ2v) is 4.41. The number of hydrogen-bond acceptors (Lipinski definition) is 2. The van der Waals surface area contributed by atoms with E-state index in [1.807, 2.05) is 4.90 Å². The zero-order valence-corrected chi connectivity index (χ0v) is 8.51. The summed E-state index contributed by atoms with van der Waals surface area (Å²) in [6, 6.07) is 0.339. The van der Waals surface area contributed by atoms with Crippen LogP contribution < -0.4 is 0 Å². The van der Waals surface area contributed by atoms with Crippen LogP contribution in [-0.4, -0.2) is 43.2 Å². The predicted molar refractivity (Wildman–Crippen MR) is 49.6 cm³/mol. The summed E-state index contributed by atoms with van der Waals surface area (Å²) in [5.41, 5.74) is 0. The third-order valence-electron chi connectivity index (χ3n) is 3.34. The summed E-state index contributed by atoms with van der Waals surface area (Å²) in [5.74, 6) is -2.46. The van der Waals surface area contributed by atoms with Gasteiger partial charge in [-0.15, -0.1) is 0 Å². The van der Waals surface area contributed by atoms with E-state index in [9.17, 15) is 8.78 Å². The minimum Gasteiger partial charge on any atom is -0.381 e. The first-order valence-electron chi connectivity index (χ1n) is 5.25. The monoisotopic (exact) mass is 205 g/mol. The Balaban J connectivity index is 1.82. The fourth-order valence-corrected chi connectivity index (χ4v) is 2.34. The molecule has 14 heavy (non-hydrogen) atoms. The maximum atomic E-state index is 13.1. The summed E-state index contributed by atoms with van der Waals surface area (Å²) in [4.78, 5) is 1.93. The largest absolute Gasteiger partial charge is 0.381 e. The Morgan fingerprint density at radius 3 is 2.64 bits per heavy atom. The lowest BCUT2D eigenvalue weighted by Crippen LogP contribution is -2.54. The third kappa shape index (κ3) is 2.06. The molecule has 0 unspecified atom stereocenters. The SMILES string of the molecule is COC1CC(N2CCCC(F)(F)C2)C1. The van der Waals surface area contributed by atoms with Gasteiger partial charge in [-0.3, -0.25) is 4.90 Å². The van der Waals surface area contributed by atoms with Gasteiger partial charge in [0.15, 0.2) is 0 Å². The van der Waals surface area contributed by atoms with Gasteiger partial charge in [-0.05, 0) is 25.8 Å². The van der Waals surface area contributed by atoms with E-state index in [1.54, 1.807) is 7.11 Å². The minimum absolute atomic E-state index is 0.0475. The quantitative estimate of drug-likeness (QED) is 0.682. The summed E-state index contributed by atoms with van der Waals surface area (Å²) in [7, 11) is 1.69. The highest BCUT2D eigenvalue weighted by atomic mass is 19.3. The van der Waals surface area contributed by atoms with Crippen molar-refractivity contribution >= 4 is 0 Å². The Hall–Kier alpha value is -0.220. The molecule has 0 aromatic heterocycles. The molecule has 1 heterocycles. The Morgan fingerprint density at radius 2 is 2.07 bits per heavy atom. The van der Waals surface area contributed by atoms with Crippen LogP contribution in [0.15, 0.2) is 0 Å². The maximum absolute atomic E-state index is 13.1. The lowest BCUT2D eigenvalue weighted by atomic mass is 9.86. The van der Waals surface area contributed by atoms with Gasteiger partial charge in [0.1, 0.15) is 0 Å². The van der Waals surface area contributed by atoms with Crippen LogP contribution in [-0.2, 0) is 4.74 Å². The van der Waals surface area contributed by atoms with Gasteiger partial charge in [0.05, 0.1) is 12.6 Å². The number of halogens is 2. The van der Waals surface area contributed by atoms with Crippen molar-refractivity contribution in [2.45, 2.75) is 43.8 Å². The van der Waals surface area contributed by atoms with Gasteiger partial charge in [-0.1, -0.05) is 0 Å². The van der Waals surface area contributed by atoms with Crippen molar-refractivity contribution in [2.75, 3.05) is 20.2 Å². The fourth-order valence-electron chi connectivity index (χ4n) is 2.34. The highest BCUT2D eigenvalue weighted by Gasteiger charge is 2.41. The van der Waals surface area contributed by atoms with Crippen molar-refractivity contribution in [1.82, 2.24) is 4.90 Å².